The average molecular weight is 491 g/mol. The molecule has 0 radical (unpaired) electrons. The van der Waals surface area contributed by atoms with Gasteiger partial charge in [0.25, 0.3) is 11.8 Å². The highest BCUT2D eigenvalue weighted by Crippen LogP contribution is 2.20. The smallest absolute Gasteiger partial charge is 0.338 e. The summed E-state index contributed by atoms with van der Waals surface area (Å²) in [5, 5.41) is 6.63. The van der Waals surface area contributed by atoms with Crippen molar-refractivity contribution in [2.45, 2.75) is 33.7 Å². The average Bonchev–Trinajstić information content (AvgIpc) is 3.16. The Morgan fingerprint density at radius 1 is 1.06 bits per heavy atom. The lowest BCUT2D eigenvalue weighted by Gasteiger charge is -2.12. The van der Waals surface area contributed by atoms with Gasteiger partial charge >= 0.3 is 5.97 Å². The predicted octanol–water partition coefficient (Wildman–Crippen LogP) is 3.30. The molecule has 0 saturated heterocycles. The van der Waals surface area contributed by atoms with Crippen LogP contribution in [0.2, 0.25) is 0 Å². The molecule has 9 heteroatoms. The van der Waals surface area contributed by atoms with Crippen LogP contribution < -0.4 is 15.5 Å². The van der Waals surface area contributed by atoms with E-state index in [-0.39, 0.29) is 12.6 Å². The number of carbonyl (C=O) groups excluding carboxylic acids is 3. The zero-order valence-electron chi connectivity index (χ0n) is 20.8. The molecular formula is C27H30N4O5. The number of benzene rings is 2. The Balaban J connectivity index is 1.56. The van der Waals surface area contributed by atoms with Crippen LogP contribution in [0.3, 0.4) is 0 Å². The van der Waals surface area contributed by atoms with Gasteiger partial charge in [-0.05, 0) is 70.2 Å². The summed E-state index contributed by atoms with van der Waals surface area (Å²) in [7, 11) is 0. The lowest BCUT2D eigenvalue weighted by atomic mass is 10.2. The monoisotopic (exact) mass is 490 g/mol. The maximum atomic E-state index is 12.3. The standard InChI is InChI=1S/C27H30N4O5/c1-5-35-27(34)21-11-13-23(14-12-21)31-18(2)15-22(20(31)4)16-28-30-26(33)19(3)29-25(32)17-36-24-9-7-6-8-10-24/h6-16,19H,5,17H2,1-4H3,(H,29,32)(H,30,33)/b28-16+/t19-/m0/s1. The summed E-state index contributed by atoms with van der Waals surface area (Å²) in [6.07, 6.45) is 1.55. The topological polar surface area (TPSA) is 111 Å². The predicted molar refractivity (Wildman–Crippen MR) is 136 cm³/mol. The zero-order chi connectivity index (χ0) is 26.1. The fourth-order valence-corrected chi connectivity index (χ4v) is 3.55. The summed E-state index contributed by atoms with van der Waals surface area (Å²) in [4.78, 5) is 36.3. The van der Waals surface area contributed by atoms with Gasteiger partial charge in [0.1, 0.15) is 11.8 Å². The minimum Gasteiger partial charge on any atom is -0.484 e. The molecule has 0 aliphatic carbocycles. The third-order valence-electron chi connectivity index (χ3n) is 5.37. The molecule has 0 aliphatic heterocycles. The zero-order valence-corrected chi connectivity index (χ0v) is 20.8. The molecule has 2 aromatic carbocycles. The molecule has 9 nitrogen and oxygen atoms in total. The van der Waals surface area contributed by atoms with Gasteiger partial charge in [-0.3, -0.25) is 9.59 Å². The summed E-state index contributed by atoms with van der Waals surface area (Å²) in [6, 6.07) is 17.2. The second kappa shape index (κ2) is 12.3. The van der Waals surface area contributed by atoms with Gasteiger partial charge in [0.2, 0.25) is 0 Å². The number of nitrogens with zero attached hydrogens (tertiary/aromatic N) is 2. The third kappa shape index (κ3) is 6.82. The maximum absolute atomic E-state index is 12.3. The number of hydrogen-bond donors (Lipinski definition) is 2. The number of nitrogens with one attached hydrogen (secondary N) is 2. The molecule has 188 valence electrons. The second-order valence-electron chi connectivity index (χ2n) is 8.05. The van der Waals surface area contributed by atoms with Crippen LogP contribution >= 0.6 is 0 Å². The van der Waals surface area contributed by atoms with Crippen LogP contribution in [0.25, 0.3) is 5.69 Å². The van der Waals surface area contributed by atoms with Gasteiger partial charge in [-0.25, -0.2) is 10.2 Å². The number of para-hydroxylation sites is 1. The van der Waals surface area contributed by atoms with Gasteiger partial charge in [0, 0.05) is 22.6 Å². The first-order valence-corrected chi connectivity index (χ1v) is 11.6. The van der Waals surface area contributed by atoms with Gasteiger partial charge in [-0.1, -0.05) is 18.2 Å². The number of hydrogen-bond acceptors (Lipinski definition) is 6. The molecule has 0 saturated carbocycles. The number of hydrazone groups is 1. The van der Waals surface area contributed by atoms with E-state index in [1.807, 2.05) is 42.7 Å². The van der Waals surface area contributed by atoms with Crippen LogP contribution in [0.15, 0.2) is 65.8 Å². The van der Waals surface area contributed by atoms with Gasteiger partial charge < -0.3 is 19.4 Å². The Bertz CT molecular complexity index is 1230. The lowest BCUT2D eigenvalue weighted by Crippen LogP contribution is -2.45. The molecule has 1 aromatic heterocycles. The number of carbonyl (C=O) groups is 3. The molecular weight excluding hydrogens is 460 g/mol. The molecule has 3 rings (SSSR count). The molecule has 36 heavy (non-hydrogen) atoms. The van der Waals surface area contributed by atoms with Gasteiger partial charge in [0.15, 0.2) is 6.61 Å². The number of esters is 1. The Kier molecular flexibility index (Phi) is 8.99. The third-order valence-corrected chi connectivity index (χ3v) is 5.37. The highest BCUT2D eigenvalue weighted by atomic mass is 16.5. The lowest BCUT2D eigenvalue weighted by molar-refractivity contribution is -0.129. The number of amides is 2. The SMILES string of the molecule is CCOC(=O)c1ccc(-n2c(C)cc(/C=N/NC(=O)[C@H](C)NC(=O)COc3ccccc3)c2C)cc1. The molecule has 1 atom stereocenters. The molecule has 0 unspecified atom stereocenters. The molecule has 0 bridgehead atoms. The van der Waals surface area contributed by atoms with E-state index in [4.69, 9.17) is 9.47 Å². The molecule has 1 heterocycles. The van der Waals surface area contributed by atoms with Crippen LogP contribution in [-0.4, -0.2) is 47.8 Å². The molecule has 0 aliphatic rings. The number of rotatable bonds is 10. The Morgan fingerprint density at radius 2 is 1.75 bits per heavy atom. The van der Waals surface area contributed by atoms with Gasteiger partial charge in [0.05, 0.1) is 18.4 Å². The van der Waals surface area contributed by atoms with E-state index in [9.17, 15) is 14.4 Å². The van der Waals surface area contributed by atoms with E-state index in [1.54, 1.807) is 56.5 Å². The first-order valence-electron chi connectivity index (χ1n) is 11.6. The summed E-state index contributed by atoms with van der Waals surface area (Å²) in [5.74, 6) is -0.657. The van der Waals surface area contributed by atoms with E-state index in [1.165, 1.54) is 0 Å². The summed E-state index contributed by atoms with van der Waals surface area (Å²) >= 11 is 0. The van der Waals surface area contributed by atoms with Crippen molar-refractivity contribution in [3.63, 3.8) is 0 Å². The first-order chi connectivity index (χ1) is 17.3. The second-order valence-corrected chi connectivity index (χ2v) is 8.05. The molecule has 2 amide bonds. The molecule has 0 spiro atoms. The van der Waals surface area contributed by atoms with Crippen molar-refractivity contribution in [3.05, 3.63) is 83.2 Å². The largest absolute Gasteiger partial charge is 0.484 e. The van der Waals surface area contributed by atoms with Crippen LogP contribution in [0.4, 0.5) is 0 Å². The highest BCUT2D eigenvalue weighted by Gasteiger charge is 2.16. The van der Waals surface area contributed by atoms with E-state index >= 15 is 0 Å². The van der Waals surface area contributed by atoms with Crippen molar-refractivity contribution in [3.8, 4) is 11.4 Å². The Hall–Kier alpha value is -4.40. The van der Waals surface area contributed by atoms with E-state index < -0.39 is 17.9 Å². The van der Waals surface area contributed by atoms with E-state index in [0.29, 0.717) is 17.9 Å². The van der Waals surface area contributed by atoms with Crippen molar-refractivity contribution in [2.75, 3.05) is 13.2 Å². The summed E-state index contributed by atoms with van der Waals surface area (Å²) < 4.78 is 12.4. The minimum atomic E-state index is -0.792. The first kappa shape index (κ1) is 26.2. The number of ether oxygens (including phenoxy) is 2. The Labute approximate surface area is 210 Å². The minimum absolute atomic E-state index is 0.197. The quantitative estimate of drug-likeness (QED) is 0.257. The summed E-state index contributed by atoms with van der Waals surface area (Å²) in [5.41, 5.74) is 6.51. The van der Waals surface area contributed by atoms with Gasteiger partial charge in [-0.15, -0.1) is 0 Å². The van der Waals surface area contributed by atoms with Crippen LogP contribution in [0.1, 0.15) is 41.2 Å². The maximum Gasteiger partial charge on any atom is 0.338 e. The molecule has 3 aromatic rings. The van der Waals surface area contributed by atoms with E-state index in [2.05, 4.69) is 15.8 Å². The van der Waals surface area contributed by atoms with Crippen molar-refractivity contribution in [2.24, 2.45) is 5.10 Å². The fraction of sp³-hybridized carbons (Fsp3) is 0.259. The highest BCUT2D eigenvalue weighted by molar-refractivity contribution is 5.90. The van der Waals surface area contributed by atoms with Crippen molar-refractivity contribution in [1.29, 1.82) is 0 Å². The van der Waals surface area contributed by atoms with Crippen molar-refractivity contribution in [1.82, 2.24) is 15.3 Å². The molecule has 2 N–H and O–H groups in total. The van der Waals surface area contributed by atoms with Crippen molar-refractivity contribution < 1.29 is 23.9 Å². The number of aryl methyl sites for hydroxylation is 1. The van der Waals surface area contributed by atoms with Gasteiger partial charge in [-0.2, -0.15) is 5.10 Å². The van der Waals surface area contributed by atoms with Crippen LogP contribution in [-0.2, 0) is 14.3 Å². The summed E-state index contributed by atoms with van der Waals surface area (Å²) in [6.45, 7) is 7.35. The van der Waals surface area contributed by atoms with Crippen molar-refractivity contribution >= 4 is 24.0 Å². The normalized spacial score (nSPS) is 11.7. The number of aromatic nitrogens is 1. The van der Waals surface area contributed by atoms with Crippen LogP contribution in [0.5, 0.6) is 5.75 Å². The van der Waals surface area contributed by atoms with Crippen LogP contribution in [0, 0.1) is 13.8 Å². The van der Waals surface area contributed by atoms with E-state index in [0.717, 1.165) is 22.6 Å². The fourth-order valence-electron chi connectivity index (χ4n) is 3.55. The molecule has 0 fully saturated rings. The Morgan fingerprint density at radius 3 is 2.42 bits per heavy atom.